The summed E-state index contributed by atoms with van der Waals surface area (Å²) < 4.78 is 52.8. The normalized spacial score (nSPS) is 19.9. The molecule has 2 rings (SSSR count). The Labute approximate surface area is 148 Å². The number of sulfonamides is 2. The predicted octanol–water partition coefficient (Wildman–Crippen LogP) is 0.738. The average molecular weight is 390 g/mol. The van der Waals surface area contributed by atoms with Gasteiger partial charge in [-0.05, 0) is 37.5 Å². The zero-order valence-corrected chi connectivity index (χ0v) is 16.0. The van der Waals surface area contributed by atoms with Crippen LogP contribution in [0.5, 0.6) is 0 Å². The first-order valence-electron chi connectivity index (χ1n) is 7.74. The lowest BCUT2D eigenvalue weighted by molar-refractivity contribution is 0.0695. The van der Waals surface area contributed by atoms with Crippen LogP contribution in [0.3, 0.4) is 0 Å². The molecule has 0 aliphatic carbocycles. The van der Waals surface area contributed by atoms with Gasteiger partial charge in [-0.2, -0.15) is 4.31 Å². The summed E-state index contributed by atoms with van der Waals surface area (Å²) >= 11 is 0. The lowest BCUT2D eigenvalue weighted by Gasteiger charge is -2.33. The van der Waals surface area contributed by atoms with Crippen molar-refractivity contribution < 1.29 is 26.7 Å². The standard InChI is InChI=1S/C15H22N2O6S2/c1-11-13(15(18)19)7-4-8-14(11)25(22,23)17-9-5-6-12(10-17)24(20,21)16(2)3/h4,7-8,12H,5-6,9-10H2,1-3H3,(H,18,19). The molecule has 25 heavy (non-hydrogen) atoms. The van der Waals surface area contributed by atoms with Crippen molar-refractivity contribution >= 4 is 26.0 Å². The highest BCUT2D eigenvalue weighted by atomic mass is 32.2. The number of nitrogens with zero attached hydrogens (tertiary/aromatic N) is 2. The van der Waals surface area contributed by atoms with E-state index in [1.165, 1.54) is 39.2 Å². The first kappa shape index (κ1) is 19.8. The van der Waals surface area contributed by atoms with E-state index in [1.807, 2.05) is 0 Å². The molecule has 1 fully saturated rings. The van der Waals surface area contributed by atoms with E-state index in [2.05, 4.69) is 0 Å². The van der Waals surface area contributed by atoms with Gasteiger partial charge in [0.15, 0.2) is 0 Å². The molecule has 8 nitrogen and oxygen atoms in total. The maximum Gasteiger partial charge on any atom is 0.335 e. The Balaban J connectivity index is 2.41. The zero-order chi connectivity index (χ0) is 19.0. The van der Waals surface area contributed by atoms with Crippen molar-refractivity contribution in [2.75, 3.05) is 27.2 Å². The molecular formula is C15H22N2O6S2. The Hall–Kier alpha value is -1.49. The Bertz CT molecular complexity index is 877. The van der Waals surface area contributed by atoms with Gasteiger partial charge >= 0.3 is 5.97 Å². The van der Waals surface area contributed by atoms with E-state index < -0.39 is 31.3 Å². The van der Waals surface area contributed by atoms with Crippen LogP contribution in [0.25, 0.3) is 0 Å². The van der Waals surface area contributed by atoms with Crippen molar-refractivity contribution in [1.29, 1.82) is 0 Å². The van der Waals surface area contributed by atoms with Crippen LogP contribution in [-0.4, -0.2) is 69.0 Å². The predicted molar refractivity (Wildman–Crippen MR) is 92.5 cm³/mol. The molecule has 1 heterocycles. The van der Waals surface area contributed by atoms with Gasteiger partial charge in [0.2, 0.25) is 20.0 Å². The Morgan fingerprint density at radius 2 is 1.88 bits per heavy atom. The van der Waals surface area contributed by atoms with E-state index in [0.717, 1.165) is 8.61 Å². The number of carboxylic acids is 1. The van der Waals surface area contributed by atoms with Gasteiger partial charge in [0.05, 0.1) is 15.7 Å². The van der Waals surface area contributed by atoms with Crippen LogP contribution in [-0.2, 0) is 20.0 Å². The fourth-order valence-electron chi connectivity index (χ4n) is 2.93. The van der Waals surface area contributed by atoms with Crippen LogP contribution in [0.2, 0.25) is 0 Å². The van der Waals surface area contributed by atoms with Crippen molar-refractivity contribution in [2.45, 2.75) is 29.9 Å². The van der Waals surface area contributed by atoms with Crippen LogP contribution in [0.4, 0.5) is 0 Å². The summed E-state index contributed by atoms with van der Waals surface area (Å²) in [6, 6.07) is 4.06. The number of aromatic carboxylic acids is 1. The highest BCUT2D eigenvalue weighted by Gasteiger charge is 2.38. The summed E-state index contributed by atoms with van der Waals surface area (Å²) in [7, 11) is -4.71. The van der Waals surface area contributed by atoms with Crippen molar-refractivity contribution in [2.24, 2.45) is 0 Å². The van der Waals surface area contributed by atoms with Gasteiger partial charge in [-0.25, -0.2) is 25.9 Å². The number of rotatable bonds is 5. The fourth-order valence-corrected chi connectivity index (χ4v) is 6.22. The van der Waals surface area contributed by atoms with E-state index in [9.17, 15) is 26.7 Å². The Kier molecular flexibility index (Phi) is 5.57. The summed E-state index contributed by atoms with van der Waals surface area (Å²) in [6.45, 7) is 1.51. The fraction of sp³-hybridized carbons (Fsp3) is 0.533. The molecule has 10 heteroatoms. The highest BCUT2D eigenvalue weighted by Crippen LogP contribution is 2.27. The molecule has 140 valence electrons. The lowest BCUT2D eigenvalue weighted by Crippen LogP contribution is -2.48. The first-order chi connectivity index (χ1) is 11.5. The van der Waals surface area contributed by atoms with Gasteiger partial charge in [0.1, 0.15) is 0 Å². The molecule has 1 aliphatic rings. The molecule has 0 spiro atoms. The number of piperidine rings is 1. The minimum Gasteiger partial charge on any atom is -0.478 e. The van der Waals surface area contributed by atoms with Gasteiger partial charge in [-0.15, -0.1) is 0 Å². The van der Waals surface area contributed by atoms with Crippen molar-refractivity contribution in [3.05, 3.63) is 29.3 Å². The van der Waals surface area contributed by atoms with Gasteiger partial charge in [0, 0.05) is 27.2 Å². The van der Waals surface area contributed by atoms with E-state index in [-0.39, 0.29) is 29.1 Å². The van der Waals surface area contributed by atoms with Gasteiger partial charge in [0.25, 0.3) is 0 Å². The monoisotopic (exact) mass is 390 g/mol. The number of hydrogen-bond acceptors (Lipinski definition) is 5. The molecule has 1 aromatic carbocycles. The van der Waals surface area contributed by atoms with Crippen molar-refractivity contribution in [3.63, 3.8) is 0 Å². The summed E-state index contributed by atoms with van der Waals surface area (Å²) in [5, 5.41) is 8.37. The topological polar surface area (TPSA) is 112 Å². The third kappa shape index (κ3) is 3.71. The Morgan fingerprint density at radius 3 is 2.44 bits per heavy atom. The number of hydrogen-bond donors (Lipinski definition) is 1. The maximum atomic E-state index is 12.9. The summed E-state index contributed by atoms with van der Waals surface area (Å²) in [5.74, 6) is -1.21. The molecule has 0 amide bonds. The molecule has 1 saturated heterocycles. The molecular weight excluding hydrogens is 368 g/mol. The van der Waals surface area contributed by atoms with Crippen LogP contribution in [0.15, 0.2) is 23.1 Å². The largest absolute Gasteiger partial charge is 0.478 e. The second-order valence-corrected chi connectivity index (χ2v) is 10.5. The zero-order valence-electron chi connectivity index (χ0n) is 14.3. The average Bonchev–Trinajstić information content (AvgIpc) is 2.54. The van der Waals surface area contributed by atoms with Crippen molar-refractivity contribution in [3.8, 4) is 0 Å². The van der Waals surface area contributed by atoms with Crippen molar-refractivity contribution in [1.82, 2.24) is 8.61 Å². The van der Waals surface area contributed by atoms with E-state index >= 15 is 0 Å². The van der Waals surface area contributed by atoms with Crippen LogP contribution in [0.1, 0.15) is 28.8 Å². The van der Waals surface area contributed by atoms with E-state index in [4.69, 9.17) is 0 Å². The molecule has 1 aromatic rings. The lowest BCUT2D eigenvalue weighted by atomic mass is 10.1. The summed E-state index contributed by atoms with van der Waals surface area (Å²) in [4.78, 5) is 11.1. The molecule has 0 bridgehead atoms. The summed E-state index contributed by atoms with van der Waals surface area (Å²) in [5.41, 5.74) is 0.0585. The number of carboxylic acid groups (broad SMARTS) is 1. The molecule has 0 radical (unpaired) electrons. The first-order valence-corrected chi connectivity index (χ1v) is 10.7. The van der Waals surface area contributed by atoms with Crippen LogP contribution >= 0.6 is 0 Å². The quantitative estimate of drug-likeness (QED) is 0.793. The van der Waals surface area contributed by atoms with Crippen LogP contribution in [0, 0.1) is 6.92 Å². The Morgan fingerprint density at radius 1 is 1.24 bits per heavy atom. The molecule has 1 N–H and O–H groups in total. The number of benzene rings is 1. The number of carbonyl (C=O) groups is 1. The molecule has 1 atom stereocenters. The smallest absolute Gasteiger partial charge is 0.335 e. The van der Waals surface area contributed by atoms with Gasteiger partial charge < -0.3 is 5.11 Å². The second kappa shape index (κ2) is 7.02. The van der Waals surface area contributed by atoms with E-state index in [1.54, 1.807) is 0 Å². The highest BCUT2D eigenvalue weighted by molar-refractivity contribution is 7.90. The maximum absolute atomic E-state index is 12.9. The van der Waals surface area contributed by atoms with Crippen LogP contribution < -0.4 is 0 Å². The molecule has 0 saturated carbocycles. The van der Waals surface area contributed by atoms with Gasteiger partial charge in [-0.3, -0.25) is 0 Å². The molecule has 1 aliphatic heterocycles. The van der Waals surface area contributed by atoms with Gasteiger partial charge in [-0.1, -0.05) is 6.07 Å². The molecule has 1 unspecified atom stereocenters. The minimum atomic E-state index is -3.98. The third-order valence-electron chi connectivity index (χ3n) is 4.40. The van der Waals surface area contributed by atoms with E-state index in [0.29, 0.717) is 12.8 Å². The third-order valence-corrected chi connectivity index (χ3v) is 8.66. The second-order valence-electron chi connectivity index (χ2n) is 6.19. The minimum absolute atomic E-state index is 0.0875. The summed E-state index contributed by atoms with van der Waals surface area (Å²) in [6.07, 6.45) is 0.815. The SMILES string of the molecule is Cc1c(C(=O)O)cccc1S(=O)(=O)N1CCCC(S(=O)(=O)N(C)C)C1. The molecule has 0 aromatic heterocycles.